The Kier molecular flexibility index (Phi) is 1.87. The molecule has 0 aromatic rings. The fourth-order valence-corrected chi connectivity index (χ4v) is 2.60. The van der Waals surface area contributed by atoms with Crippen molar-refractivity contribution in [1.29, 1.82) is 0 Å². The van der Waals surface area contributed by atoms with E-state index in [0.29, 0.717) is 6.04 Å². The highest BCUT2D eigenvalue weighted by Gasteiger charge is 2.53. The minimum atomic E-state index is 0.699. The molecule has 2 aliphatic carbocycles. The molecular weight excluding hydrogens is 148 g/mol. The Morgan fingerprint density at radius 3 is 2.42 bits per heavy atom. The quantitative estimate of drug-likeness (QED) is 0.656. The number of fused-ring (bicyclic) bond motifs is 1. The molecule has 0 aromatic heterocycles. The number of allylic oxidation sites excluding steroid dienone is 1. The summed E-state index contributed by atoms with van der Waals surface area (Å²) < 4.78 is 0. The summed E-state index contributed by atoms with van der Waals surface area (Å²) in [6.07, 6.45) is 2.69. The van der Waals surface area contributed by atoms with E-state index in [-0.39, 0.29) is 0 Å². The van der Waals surface area contributed by atoms with Crippen molar-refractivity contribution < 1.29 is 0 Å². The van der Waals surface area contributed by atoms with Gasteiger partial charge in [-0.1, -0.05) is 6.58 Å². The first-order valence-electron chi connectivity index (χ1n) is 4.81. The molecule has 4 unspecified atom stereocenters. The molecule has 2 saturated carbocycles. The van der Waals surface area contributed by atoms with Crippen LogP contribution >= 0.6 is 0 Å². The van der Waals surface area contributed by atoms with Gasteiger partial charge in [0, 0.05) is 17.8 Å². The lowest BCUT2D eigenvalue weighted by Crippen LogP contribution is -2.32. The molecule has 0 saturated heterocycles. The second kappa shape index (κ2) is 2.77. The lowest BCUT2D eigenvalue weighted by molar-refractivity contribution is 0.466. The molecule has 12 heavy (non-hydrogen) atoms. The maximum atomic E-state index is 3.89. The summed E-state index contributed by atoms with van der Waals surface area (Å²) in [5.74, 6) is 1.88. The molecule has 2 aliphatic rings. The Labute approximate surface area is 74.4 Å². The Balaban J connectivity index is 1.90. The van der Waals surface area contributed by atoms with E-state index >= 15 is 0 Å². The Morgan fingerprint density at radius 2 is 1.92 bits per heavy atom. The topological polar surface area (TPSA) is 24.1 Å². The molecule has 2 nitrogen and oxygen atoms in total. The van der Waals surface area contributed by atoms with Crippen LogP contribution in [0.4, 0.5) is 0 Å². The van der Waals surface area contributed by atoms with Gasteiger partial charge >= 0.3 is 0 Å². The van der Waals surface area contributed by atoms with Gasteiger partial charge in [0.15, 0.2) is 0 Å². The van der Waals surface area contributed by atoms with Crippen LogP contribution in [0.1, 0.15) is 19.8 Å². The van der Waals surface area contributed by atoms with E-state index in [0.717, 1.165) is 23.6 Å². The third-order valence-electron chi connectivity index (χ3n) is 3.24. The molecular formula is C10H18N2. The highest BCUT2D eigenvalue weighted by atomic mass is 15.0. The molecule has 4 atom stereocenters. The predicted molar refractivity (Wildman–Crippen MR) is 50.8 cm³/mol. The molecule has 2 heteroatoms. The first-order valence-corrected chi connectivity index (χ1v) is 4.81. The van der Waals surface area contributed by atoms with Crippen molar-refractivity contribution in [2.45, 2.75) is 31.8 Å². The zero-order valence-corrected chi connectivity index (χ0v) is 7.93. The Morgan fingerprint density at radius 1 is 1.25 bits per heavy atom. The maximum Gasteiger partial charge on any atom is 0.0304 e. The number of hydrogen-bond donors (Lipinski definition) is 2. The van der Waals surface area contributed by atoms with Crippen molar-refractivity contribution in [3.63, 3.8) is 0 Å². The molecule has 0 spiro atoms. The van der Waals surface area contributed by atoms with E-state index in [1.54, 1.807) is 0 Å². The Bertz CT molecular complexity index is 200. The molecule has 0 heterocycles. The minimum absolute atomic E-state index is 0.699. The fraction of sp³-hybridized carbons (Fsp3) is 0.800. The van der Waals surface area contributed by atoms with Crippen molar-refractivity contribution in [3.05, 3.63) is 12.3 Å². The zero-order chi connectivity index (χ0) is 8.72. The average molecular weight is 166 g/mol. The van der Waals surface area contributed by atoms with Gasteiger partial charge in [-0.2, -0.15) is 0 Å². The summed E-state index contributed by atoms with van der Waals surface area (Å²) in [6, 6.07) is 1.46. The van der Waals surface area contributed by atoms with Crippen LogP contribution in [0.15, 0.2) is 12.3 Å². The summed E-state index contributed by atoms with van der Waals surface area (Å²) in [6.45, 7) is 5.94. The number of rotatable bonds is 3. The average Bonchev–Trinajstić information content (AvgIpc) is 2.71. The van der Waals surface area contributed by atoms with Gasteiger partial charge < -0.3 is 10.6 Å². The lowest BCUT2D eigenvalue weighted by atomic mass is 10.1. The van der Waals surface area contributed by atoms with Crippen LogP contribution in [0, 0.1) is 11.8 Å². The van der Waals surface area contributed by atoms with Gasteiger partial charge in [0.2, 0.25) is 0 Å². The highest BCUT2D eigenvalue weighted by Crippen LogP contribution is 2.51. The largest absolute Gasteiger partial charge is 0.386 e. The summed E-state index contributed by atoms with van der Waals surface area (Å²) in [4.78, 5) is 0. The van der Waals surface area contributed by atoms with Crippen molar-refractivity contribution >= 4 is 0 Å². The molecule has 68 valence electrons. The standard InChI is InChI=1S/C10H18N2/c1-6(2)12-10-5-9(11-3)7-4-8(7)10/h7-12H,1,4-5H2,2-3H3. The van der Waals surface area contributed by atoms with Gasteiger partial charge in [-0.05, 0) is 38.6 Å². The highest BCUT2D eigenvalue weighted by molar-refractivity contribution is 5.11. The number of nitrogens with one attached hydrogen (secondary N) is 2. The van der Waals surface area contributed by atoms with E-state index in [4.69, 9.17) is 0 Å². The van der Waals surface area contributed by atoms with Crippen molar-refractivity contribution in [3.8, 4) is 0 Å². The first-order chi connectivity index (χ1) is 5.72. The molecule has 0 amide bonds. The fourth-order valence-electron chi connectivity index (χ4n) is 2.60. The van der Waals surface area contributed by atoms with Crippen LogP contribution in [0.3, 0.4) is 0 Å². The molecule has 0 bridgehead atoms. The van der Waals surface area contributed by atoms with Gasteiger partial charge in [0.25, 0.3) is 0 Å². The second-order valence-electron chi connectivity index (χ2n) is 4.23. The Hall–Kier alpha value is -0.500. The molecule has 2 fully saturated rings. The summed E-state index contributed by atoms with van der Waals surface area (Å²) in [5, 5.41) is 6.85. The molecule has 0 aromatic carbocycles. The maximum absolute atomic E-state index is 3.89. The predicted octanol–water partition coefficient (Wildman–Crippen LogP) is 1.11. The van der Waals surface area contributed by atoms with Gasteiger partial charge in [0.05, 0.1) is 0 Å². The zero-order valence-electron chi connectivity index (χ0n) is 7.93. The normalized spacial score (nSPS) is 43.8. The molecule has 2 N–H and O–H groups in total. The molecule has 0 aliphatic heterocycles. The van der Waals surface area contributed by atoms with Gasteiger partial charge in [-0.25, -0.2) is 0 Å². The van der Waals surface area contributed by atoms with Gasteiger partial charge in [0.1, 0.15) is 0 Å². The first kappa shape index (κ1) is 8.11. The smallest absolute Gasteiger partial charge is 0.0304 e. The summed E-state index contributed by atoms with van der Waals surface area (Å²) in [5.41, 5.74) is 1.11. The van der Waals surface area contributed by atoms with Crippen LogP contribution in [0.25, 0.3) is 0 Å². The molecule has 0 radical (unpaired) electrons. The van der Waals surface area contributed by atoms with Crippen molar-refractivity contribution in [1.82, 2.24) is 10.6 Å². The van der Waals surface area contributed by atoms with Crippen LogP contribution in [-0.4, -0.2) is 19.1 Å². The molecule has 2 rings (SSSR count). The van der Waals surface area contributed by atoms with Gasteiger partial charge in [-0.3, -0.25) is 0 Å². The van der Waals surface area contributed by atoms with Crippen molar-refractivity contribution in [2.75, 3.05) is 7.05 Å². The van der Waals surface area contributed by atoms with E-state index in [1.165, 1.54) is 12.8 Å². The van der Waals surface area contributed by atoms with E-state index in [2.05, 4.69) is 24.3 Å². The SMILES string of the molecule is C=C(C)NC1CC(NC)C2CC12. The third-order valence-corrected chi connectivity index (χ3v) is 3.24. The minimum Gasteiger partial charge on any atom is -0.386 e. The van der Waals surface area contributed by atoms with Gasteiger partial charge in [-0.15, -0.1) is 0 Å². The van der Waals surface area contributed by atoms with Crippen molar-refractivity contribution in [2.24, 2.45) is 11.8 Å². The van der Waals surface area contributed by atoms with E-state index < -0.39 is 0 Å². The summed E-state index contributed by atoms with van der Waals surface area (Å²) >= 11 is 0. The number of hydrogen-bond acceptors (Lipinski definition) is 2. The monoisotopic (exact) mass is 166 g/mol. The third kappa shape index (κ3) is 1.24. The summed E-state index contributed by atoms with van der Waals surface area (Å²) in [7, 11) is 2.07. The second-order valence-corrected chi connectivity index (χ2v) is 4.23. The van der Waals surface area contributed by atoms with Crippen LogP contribution in [-0.2, 0) is 0 Å². The van der Waals surface area contributed by atoms with E-state index in [1.807, 2.05) is 6.92 Å². The van der Waals surface area contributed by atoms with Crippen LogP contribution < -0.4 is 10.6 Å². The van der Waals surface area contributed by atoms with Crippen LogP contribution in [0.5, 0.6) is 0 Å². The van der Waals surface area contributed by atoms with E-state index in [9.17, 15) is 0 Å². The lowest BCUT2D eigenvalue weighted by Gasteiger charge is -2.18. The van der Waals surface area contributed by atoms with Crippen LogP contribution in [0.2, 0.25) is 0 Å².